The summed E-state index contributed by atoms with van der Waals surface area (Å²) in [5, 5.41) is 0. The molecular weight excluding hydrogens is 284 g/mol. The summed E-state index contributed by atoms with van der Waals surface area (Å²) in [6.45, 7) is 0.470. The van der Waals surface area contributed by atoms with Crippen LogP contribution in [0.2, 0.25) is 0 Å². The molecule has 1 saturated heterocycles. The quantitative estimate of drug-likeness (QED) is 0.832. The van der Waals surface area contributed by atoms with Crippen LogP contribution in [0.25, 0.3) is 0 Å². The fourth-order valence-electron chi connectivity index (χ4n) is 2.14. The van der Waals surface area contributed by atoms with E-state index in [0.717, 1.165) is 4.90 Å². The Labute approximate surface area is 121 Å². The number of hydrogen-bond donors (Lipinski definition) is 0. The van der Waals surface area contributed by atoms with Gasteiger partial charge in [0.05, 0.1) is 13.2 Å². The lowest BCUT2D eigenvalue weighted by atomic mass is 10.3. The first-order valence-corrected chi connectivity index (χ1v) is 6.71. The molecule has 0 bridgehead atoms. The van der Waals surface area contributed by atoms with Crippen LogP contribution in [-0.2, 0) is 21.3 Å². The molecule has 1 atom stereocenters. The van der Waals surface area contributed by atoms with Crippen LogP contribution in [-0.4, -0.2) is 59.2 Å². The Morgan fingerprint density at radius 2 is 2.38 bits per heavy atom. The van der Waals surface area contributed by atoms with Gasteiger partial charge in [-0.05, 0) is 6.92 Å². The molecule has 1 amide bonds. The van der Waals surface area contributed by atoms with E-state index in [0.29, 0.717) is 5.82 Å². The number of nitrogens with zero attached hydrogens (tertiary/aromatic N) is 3. The molecule has 2 rings (SSSR count). The van der Waals surface area contributed by atoms with Crippen molar-refractivity contribution in [2.75, 3.05) is 32.9 Å². The molecule has 8 heteroatoms. The van der Waals surface area contributed by atoms with Gasteiger partial charge in [0.25, 0.3) is 5.92 Å². The van der Waals surface area contributed by atoms with Crippen LogP contribution in [0.4, 0.5) is 8.78 Å². The van der Waals surface area contributed by atoms with Crippen LogP contribution >= 0.6 is 0 Å². The summed E-state index contributed by atoms with van der Waals surface area (Å²) >= 11 is 0. The number of ether oxygens (including phenoxy) is 2. The third kappa shape index (κ3) is 4.21. The Bertz CT molecular complexity index is 493. The number of imidazole rings is 1. The summed E-state index contributed by atoms with van der Waals surface area (Å²) in [5.41, 5.74) is 0. The smallest absolute Gasteiger partial charge is 0.288 e. The molecule has 1 aromatic rings. The third-order valence-electron chi connectivity index (χ3n) is 3.27. The molecule has 1 fully saturated rings. The Hall–Kier alpha value is -1.54. The van der Waals surface area contributed by atoms with E-state index in [4.69, 9.17) is 9.47 Å². The van der Waals surface area contributed by atoms with Gasteiger partial charge >= 0.3 is 0 Å². The Morgan fingerprint density at radius 3 is 3.05 bits per heavy atom. The molecule has 0 aliphatic carbocycles. The molecule has 6 nitrogen and oxygen atoms in total. The second kappa shape index (κ2) is 6.48. The van der Waals surface area contributed by atoms with E-state index in [1.807, 2.05) is 7.05 Å². The van der Waals surface area contributed by atoms with E-state index in [-0.39, 0.29) is 19.8 Å². The van der Waals surface area contributed by atoms with Gasteiger partial charge in [-0.3, -0.25) is 4.79 Å². The molecule has 21 heavy (non-hydrogen) atoms. The lowest BCUT2D eigenvalue weighted by Crippen LogP contribution is -2.42. The minimum absolute atomic E-state index is 0.107. The van der Waals surface area contributed by atoms with Crippen LogP contribution in [0, 0.1) is 0 Å². The van der Waals surface area contributed by atoms with Crippen LogP contribution in [0.15, 0.2) is 12.4 Å². The van der Waals surface area contributed by atoms with Gasteiger partial charge in [0.15, 0.2) is 0 Å². The van der Waals surface area contributed by atoms with E-state index < -0.39 is 31.1 Å². The zero-order valence-electron chi connectivity index (χ0n) is 12.1. The summed E-state index contributed by atoms with van der Waals surface area (Å²) in [7, 11) is 1.82. The number of aryl methyl sites for hydroxylation is 1. The van der Waals surface area contributed by atoms with Crippen LogP contribution in [0.3, 0.4) is 0 Å². The first kappa shape index (κ1) is 15.8. The fourth-order valence-corrected chi connectivity index (χ4v) is 2.14. The highest BCUT2D eigenvalue weighted by molar-refractivity contribution is 5.77. The molecule has 0 saturated carbocycles. The number of carbonyl (C=O) groups is 1. The number of aromatic nitrogens is 2. The van der Waals surface area contributed by atoms with Gasteiger partial charge < -0.3 is 18.9 Å². The van der Waals surface area contributed by atoms with E-state index in [1.165, 1.54) is 0 Å². The summed E-state index contributed by atoms with van der Waals surface area (Å²) < 4.78 is 38.8. The largest absolute Gasteiger partial charge is 0.373 e. The summed E-state index contributed by atoms with van der Waals surface area (Å²) in [5.74, 6) is -2.81. The lowest BCUT2D eigenvalue weighted by Gasteiger charge is -2.23. The lowest BCUT2D eigenvalue weighted by molar-refractivity contribution is -0.142. The zero-order chi connectivity index (χ0) is 15.5. The number of alkyl halides is 2. The number of halogens is 2. The van der Waals surface area contributed by atoms with Crippen molar-refractivity contribution in [2.45, 2.75) is 19.0 Å². The number of carbonyl (C=O) groups excluding carboxylic acids is 1. The van der Waals surface area contributed by atoms with Gasteiger partial charge in [-0.2, -0.15) is 0 Å². The molecule has 1 aliphatic heterocycles. The van der Waals surface area contributed by atoms with E-state index in [2.05, 4.69) is 4.98 Å². The van der Waals surface area contributed by atoms with Gasteiger partial charge in [0.1, 0.15) is 25.1 Å². The Kier molecular flexibility index (Phi) is 4.89. The molecule has 0 aromatic carbocycles. The number of rotatable bonds is 4. The molecule has 0 spiro atoms. The molecule has 1 aliphatic rings. The number of hydrogen-bond acceptors (Lipinski definition) is 4. The van der Waals surface area contributed by atoms with Crippen molar-refractivity contribution in [2.24, 2.45) is 7.05 Å². The maximum atomic E-state index is 13.4. The van der Waals surface area contributed by atoms with E-state index in [9.17, 15) is 13.6 Å². The molecule has 118 valence electrons. The second-order valence-electron chi connectivity index (χ2n) is 5.07. The highest BCUT2D eigenvalue weighted by Gasteiger charge is 2.36. The van der Waals surface area contributed by atoms with Crippen LogP contribution in [0.1, 0.15) is 18.9 Å². The summed E-state index contributed by atoms with van der Waals surface area (Å²) in [6.07, 6.45) is 3.01. The predicted molar refractivity (Wildman–Crippen MR) is 69.9 cm³/mol. The molecule has 1 unspecified atom stereocenters. The number of amides is 1. The fraction of sp³-hybridized carbons (Fsp3) is 0.692. The highest BCUT2D eigenvalue weighted by Crippen LogP contribution is 2.19. The van der Waals surface area contributed by atoms with Gasteiger partial charge in [0, 0.05) is 26.0 Å². The maximum Gasteiger partial charge on any atom is 0.288 e. The monoisotopic (exact) mass is 303 g/mol. The zero-order valence-corrected chi connectivity index (χ0v) is 12.1. The summed E-state index contributed by atoms with van der Waals surface area (Å²) in [4.78, 5) is 17.2. The maximum absolute atomic E-state index is 13.4. The topological polar surface area (TPSA) is 56.6 Å². The molecule has 0 radical (unpaired) electrons. The SMILES string of the molecule is CC(OCC(=O)N1CCOCC(F)(F)C1)c1nccn1C. The van der Waals surface area contributed by atoms with Crippen molar-refractivity contribution in [1.82, 2.24) is 14.5 Å². The first-order chi connectivity index (χ1) is 9.89. The first-order valence-electron chi connectivity index (χ1n) is 6.71. The van der Waals surface area contributed by atoms with Crippen LogP contribution in [0.5, 0.6) is 0 Å². The minimum atomic E-state index is -3.02. The third-order valence-corrected chi connectivity index (χ3v) is 3.27. The Balaban J connectivity index is 1.88. The Morgan fingerprint density at radius 1 is 1.62 bits per heavy atom. The second-order valence-corrected chi connectivity index (χ2v) is 5.07. The van der Waals surface area contributed by atoms with Gasteiger partial charge in [-0.15, -0.1) is 0 Å². The van der Waals surface area contributed by atoms with Crippen molar-refractivity contribution >= 4 is 5.91 Å². The minimum Gasteiger partial charge on any atom is -0.373 e. The average molecular weight is 303 g/mol. The van der Waals surface area contributed by atoms with Crippen molar-refractivity contribution in [3.63, 3.8) is 0 Å². The van der Waals surface area contributed by atoms with Gasteiger partial charge in [-0.25, -0.2) is 13.8 Å². The van der Waals surface area contributed by atoms with E-state index in [1.54, 1.807) is 23.9 Å². The summed E-state index contributed by atoms with van der Waals surface area (Å²) in [6, 6.07) is 0. The average Bonchev–Trinajstić information content (AvgIpc) is 2.76. The van der Waals surface area contributed by atoms with Crippen molar-refractivity contribution in [1.29, 1.82) is 0 Å². The standard InChI is InChI=1S/C13H19F2N3O3/c1-10(12-16-3-4-17(12)2)21-7-11(19)18-5-6-20-9-13(14,15)8-18/h3-4,10H,5-9H2,1-2H3. The van der Waals surface area contributed by atoms with Crippen molar-refractivity contribution < 1.29 is 23.0 Å². The molecule has 2 heterocycles. The predicted octanol–water partition coefficient (Wildman–Crippen LogP) is 0.992. The normalized spacial score (nSPS) is 20.1. The van der Waals surface area contributed by atoms with Gasteiger partial charge in [0.2, 0.25) is 5.91 Å². The highest BCUT2D eigenvalue weighted by atomic mass is 19.3. The van der Waals surface area contributed by atoms with Crippen molar-refractivity contribution in [3.8, 4) is 0 Å². The van der Waals surface area contributed by atoms with E-state index >= 15 is 0 Å². The molecule has 0 N–H and O–H groups in total. The molecule has 1 aromatic heterocycles. The van der Waals surface area contributed by atoms with Crippen LogP contribution < -0.4 is 0 Å². The van der Waals surface area contributed by atoms with Gasteiger partial charge in [-0.1, -0.05) is 0 Å². The molecular formula is C13H19F2N3O3. The van der Waals surface area contributed by atoms with Crippen molar-refractivity contribution in [3.05, 3.63) is 18.2 Å².